The van der Waals surface area contributed by atoms with Gasteiger partial charge in [0.2, 0.25) is 0 Å². The van der Waals surface area contributed by atoms with E-state index in [9.17, 15) is 4.79 Å². The molecule has 1 aliphatic rings. The zero-order valence-corrected chi connectivity index (χ0v) is 13.1. The Kier molecular flexibility index (Phi) is 4.68. The first-order valence-corrected chi connectivity index (χ1v) is 8.16. The molecule has 2 aromatic rings. The Labute approximate surface area is 131 Å². The van der Waals surface area contributed by atoms with Crippen molar-refractivity contribution in [3.63, 3.8) is 0 Å². The van der Waals surface area contributed by atoms with Crippen LogP contribution in [0.3, 0.4) is 0 Å². The fraction of sp³-hybridized carbons (Fsp3) is 0.444. The molecule has 0 saturated carbocycles. The SMILES string of the molecule is CCCN(C(=O)c1ccc2ncccc2c1)C1CCNCC1. The number of rotatable bonds is 4. The van der Waals surface area contributed by atoms with Crippen molar-refractivity contribution < 1.29 is 4.79 Å². The molecule has 1 aliphatic heterocycles. The highest BCUT2D eigenvalue weighted by Gasteiger charge is 2.25. The second-order valence-electron chi connectivity index (χ2n) is 5.89. The van der Waals surface area contributed by atoms with Crippen LogP contribution in [-0.2, 0) is 0 Å². The second-order valence-corrected chi connectivity index (χ2v) is 5.89. The lowest BCUT2D eigenvalue weighted by atomic mass is 10.0. The number of benzene rings is 1. The van der Waals surface area contributed by atoms with Crippen molar-refractivity contribution in [3.8, 4) is 0 Å². The molecule has 0 spiro atoms. The average molecular weight is 297 g/mol. The first kappa shape index (κ1) is 15.0. The number of hydrogen-bond acceptors (Lipinski definition) is 3. The maximum absolute atomic E-state index is 13.0. The van der Waals surface area contributed by atoms with Gasteiger partial charge in [0.15, 0.2) is 0 Å². The predicted octanol–water partition coefficient (Wildman–Crippen LogP) is 2.84. The van der Waals surface area contributed by atoms with Gasteiger partial charge >= 0.3 is 0 Å². The molecule has 1 fully saturated rings. The van der Waals surface area contributed by atoms with E-state index >= 15 is 0 Å². The first-order valence-electron chi connectivity index (χ1n) is 8.16. The van der Waals surface area contributed by atoms with E-state index in [-0.39, 0.29) is 5.91 Å². The molecule has 1 aromatic heterocycles. The minimum absolute atomic E-state index is 0.152. The summed E-state index contributed by atoms with van der Waals surface area (Å²) >= 11 is 0. The minimum atomic E-state index is 0.152. The highest BCUT2D eigenvalue weighted by molar-refractivity contribution is 5.98. The zero-order valence-electron chi connectivity index (χ0n) is 13.1. The van der Waals surface area contributed by atoms with E-state index in [1.165, 1.54) is 0 Å². The molecule has 4 heteroatoms. The van der Waals surface area contributed by atoms with Gasteiger partial charge < -0.3 is 10.2 Å². The van der Waals surface area contributed by atoms with Crippen LogP contribution in [0.25, 0.3) is 10.9 Å². The summed E-state index contributed by atoms with van der Waals surface area (Å²) in [6.45, 7) is 4.96. The summed E-state index contributed by atoms with van der Waals surface area (Å²) in [5.74, 6) is 0.152. The van der Waals surface area contributed by atoms with Crippen molar-refractivity contribution in [2.45, 2.75) is 32.2 Å². The van der Waals surface area contributed by atoms with Gasteiger partial charge in [0.05, 0.1) is 5.52 Å². The van der Waals surface area contributed by atoms with Gasteiger partial charge in [0, 0.05) is 29.7 Å². The minimum Gasteiger partial charge on any atom is -0.336 e. The molecule has 1 N–H and O–H groups in total. The van der Waals surface area contributed by atoms with Crippen molar-refractivity contribution >= 4 is 16.8 Å². The summed E-state index contributed by atoms with van der Waals surface area (Å²) in [7, 11) is 0. The quantitative estimate of drug-likeness (QED) is 0.944. The van der Waals surface area contributed by atoms with Crippen LogP contribution in [0.4, 0.5) is 0 Å². The number of piperidine rings is 1. The van der Waals surface area contributed by atoms with Gasteiger partial charge in [-0.1, -0.05) is 13.0 Å². The monoisotopic (exact) mass is 297 g/mol. The first-order chi connectivity index (χ1) is 10.8. The molecule has 0 unspecified atom stereocenters. The molecule has 4 nitrogen and oxygen atoms in total. The molecular formula is C18H23N3O. The Morgan fingerprint density at radius 1 is 1.32 bits per heavy atom. The van der Waals surface area contributed by atoms with Crippen LogP contribution in [0.15, 0.2) is 36.5 Å². The van der Waals surface area contributed by atoms with E-state index in [0.717, 1.165) is 55.4 Å². The molecule has 1 saturated heterocycles. The number of carbonyl (C=O) groups is 1. The van der Waals surface area contributed by atoms with E-state index in [0.29, 0.717) is 6.04 Å². The van der Waals surface area contributed by atoms with Crippen molar-refractivity contribution in [3.05, 3.63) is 42.1 Å². The Bertz CT molecular complexity index is 650. The fourth-order valence-electron chi connectivity index (χ4n) is 3.18. The number of nitrogens with one attached hydrogen (secondary N) is 1. The van der Waals surface area contributed by atoms with Gasteiger partial charge in [-0.15, -0.1) is 0 Å². The molecule has 3 rings (SSSR count). The summed E-state index contributed by atoms with van der Waals surface area (Å²) < 4.78 is 0. The molecule has 0 atom stereocenters. The number of aromatic nitrogens is 1. The zero-order chi connectivity index (χ0) is 15.4. The molecule has 0 bridgehead atoms. The van der Waals surface area contributed by atoms with E-state index in [4.69, 9.17) is 0 Å². The lowest BCUT2D eigenvalue weighted by molar-refractivity contribution is 0.0643. The Hall–Kier alpha value is -1.94. The summed E-state index contributed by atoms with van der Waals surface area (Å²) in [5, 5.41) is 4.39. The molecular weight excluding hydrogens is 274 g/mol. The summed E-state index contributed by atoms with van der Waals surface area (Å²) in [6, 6.07) is 10.1. The normalized spacial score (nSPS) is 15.9. The van der Waals surface area contributed by atoms with Crippen LogP contribution in [0.2, 0.25) is 0 Å². The van der Waals surface area contributed by atoms with Crippen molar-refractivity contribution in [2.75, 3.05) is 19.6 Å². The summed E-state index contributed by atoms with van der Waals surface area (Å²) in [6.07, 6.45) is 4.86. The summed E-state index contributed by atoms with van der Waals surface area (Å²) in [4.78, 5) is 19.4. The lowest BCUT2D eigenvalue weighted by Gasteiger charge is -2.34. The van der Waals surface area contributed by atoms with Crippen molar-refractivity contribution in [1.29, 1.82) is 0 Å². The number of carbonyl (C=O) groups excluding carboxylic acids is 1. The van der Waals surface area contributed by atoms with Gasteiger partial charge in [-0.3, -0.25) is 9.78 Å². The third-order valence-electron chi connectivity index (χ3n) is 4.32. The smallest absolute Gasteiger partial charge is 0.254 e. The van der Waals surface area contributed by atoms with Crippen molar-refractivity contribution in [1.82, 2.24) is 15.2 Å². The van der Waals surface area contributed by atoms with Gasteiger partial charge in [0.25, 0.3) is 5.91 Å². The number of fused-ring (bicyclic) bond motifs is 1. The number of hydrogen-bond donors (Lipinski definition) is 1. The fourth-order valence-corrected chi connectivity index (χ4v) is 3.18. The van der Waals surface area contributed by atoms with Gasteiger partial charge in [-0.05, 0) is 56.6 Å². The molecule has 0 aliphatic carbocycles. The molecule has 0 radical (unpaired) electrons. The van der Waals surface area contributed by atoms with Crippen LogP contribution < -0.4 is 5.32 Å². The van der Waals surface area contributed by atoms with E-state index < -0.39 is 0 Å². The standard InChI is InChI=1S/C18H23N3O/c1-2-12-21(16-7-10-19-11-8-16)18(22)15-5-6-17-14(13-15)4-3-9-20-17/h3-6,9,13,16,19H,2,7-8,10-12H2,1H3. The van der Waals surface area contributed by atoms with Gasteiger partial charge in [-0.2, -0.15) is 0 Å². The van der Waals surface area contributed by atoms with E-state index in [2.05, 4.69) is 22.1 Å². The lowest BCUT2D eigenvalue weighted by Crippen LogP contribution is -2.46. The summed E-state index contributed by atoms with van der Waals surface area (Å²) in [5.41, 5.74) is 1.70. The van der Waals surface area contributed by atoms with Crippen LogP contribution in [-0.4, -0.2) is 41.5 Å². The van der Waals surface area contributed by atoms with Crippen LogP contribution in [0, 0.1) is 0 Å². The van der Waals surface area contributed by atoms with Crippen LogP contribution in [0.1, 0.15) is 36.5 Å². The maximum Gasteiger partial charge on any atom is 0.254 e. The largest absolute Gasteiger partial charge is 0.336 e. The van der Waals surface area contributed by atoms with Gasteiger partial charge in [-0.25, -0.2) is 0 Å². The van der Waals surface area contributed by atoms with E-state index in [1.54, 1.807) is 6.20 Å². The highest BCUT2D eigenvalue weighted by Crippen LogP contribution is 2.19. The van der Waals surface area contributed by atoms with Crippen molar-refractivity contribution in [2.24, 2.45) is 0 Å². The third kappa shape index (κ3) is 3.12. The molecule has 1 amide bonds. The topological polar surface area (TPSA) is 45.2 Å². The highest BCUT2D eigenvalue weighted by atomic mass is 16.2. The van der Waals surface area contributed by atoms with Crippen LogP contribution in [0.5, 0.6) is 0 Å². The molecule has 116 valence electrons. The van der Waals surface area contributed by atoms with Gasteiger partial charge in [0.1, 0.15) is 0 Å². The molecule has 1 aromatic carbocycles. The molecule has 2 heterocycles. The average Bonchev–Trinajstić information content (AvgIpc) is 2.59. The Balaban J connectivity index is 1.87. The Morgan fingerprint density at radius 2 is 2.14 bits per heavy atom. The third-order valence-corrected chi connectivity index (χ3v) is 4.32. The second kappa shape index (κ2) is 6.88. The maximum atomic E-state index is 13.0. The predicted molar refractivity (Wildman–Crippen MR) is 89.0 cm³/mol. The number of nitrogens with zero attached hydrogens (tertiary/aromatic N) is 2. The number of amides is 1. The Morgan fingerprint density at radius 3 is 2.91 bits per heavy atom. The van der Waals surface area contributed by atoms with E-state index in [1.807, 2.05) is 30.3 Å². The number of pyridine rings is 1. The van der Waals surface area contributed by atoms with Crippen LogP contribution >= 0.6 is 0 Å². The molecule has 22 heavy (non-hydrogen) atoms.